The normalized spacial score (nSPS) is 31.1. The Morgan fingerprint density at radius 2 is 1.83 bits per heavy atom. The molecule has 2 atom stereocenters. The van der Waals surface area contributed by atoms with Crippen LogP contribution in [-0.4, -0.2) is 46.8 Å². The van der Waals surface area contributed by atoms with E-state index in [4.69, 9.17) is 0 Å². The average molecular weight is 250 g/mol. The van der Waals surface area contributed by atoms with Crippen molar-refractivity contribution in [2.75, 3.05) is 13.1 Å². The summed E-state index contributed by atoms with van der Waals surface area (Å²) in [6.45, 7) is 3.22. The van der Waals surface area contributed by atoms with Gasteiger partial charge in [0.25, 0.3) is 0 Å². The molecule has 0 aromatic heterocycles. The van der Waals surface area contributed by atoms with Crippen molar-refractivity contribution in [3.05, 3.63) is 0 Å². The molecule has 0 aromatic carbocycles. The highest BCUT2D eigenvalue weighted by molar-refractivity contribution is 5.95. The van der Waals surface area contributed by atoms with Crippen LogP contribution in [-0.2, 0) is 9.59 Å². The third-order valence-corrected chi connectivity index (χ3v) is 5.02. The minimum atomic E-state index is -0.143. The Kier molecular flexibility index (Phi) is 3.04. The van der Waals surface area contributed by atoms with Crippen molar-refractivity contribution >= 4 is 11.8 Å². The predicted molar refractivity (Wildman–Crippen MR) is 67.9 cm³/mol. The van der Waals surface area contributed by atoms with Crippen molar-refractivity contribution in [1.82, 2.24) is 9.80 Å². The molecule has 18 heavy (non-hydrogen) atoms. The Morgan fingerprint density at radius 1 is 1.11 bits per heavy atom. The van der Waals surface area contributed by atoms with E-state index in [1.807, 2.05) is 4.90 Å². The van der Waals surface area contributed by atoms with Crippen molar-refractivity contribution in [3.63, 3.8) is 0 Å². The summed E-state index contributed by atoms with van der Waals surface area (Å²) in [6, 6.07) is 0.0989. The summed E-state index contributed by atoms with van der Waals surface area (Å²) in [6.07, 6.45) is 6.83. The second-order valence-electron chi connectivity index (χ2n) is 6.00. The van der Waals surface area contributed by atoms with Gasteiger partial charge in [-0.15, -0.1) is 0 Å². The summed E-state index contributed by atoms with van der Waals surface area (Å²) in [4.78, 5) is 28.2. The van der Waals surface area contributed by atoms with Gasteiger partial charge in [-0.2, -0.15) is 0 Å². The summed E-state index contributed by atoms with van der Waals surface area (Å²) in [5, 5.41) is 0. The number of piperazine rings is 1. The summed E-state index contributed by atoms with van der Waals surface area (Å²) in [5.74, 6) is 0.961. The minimum Gasteiger partial charge on any atom is -0.329 e. The monoisotopic (exact) mass is 250 g/mol. The fraction of sp³-hybridized carbons (Fsp3) is 0.857. The van der Waals surface area contributed by atoms with E-state index in [1.54, 1.807) is 4.90 Å². The van der Waals surface area contributed by atoms with Crippen molar-refractivity contribution in [2.24, 2.45) is 5.92 Å². The maximum atomic E-state index is 12.5. The highest BCUT2D eigenvalue weighted by atomic mass is 16.2. The van der Waals surface area contributed by atoms with Gasteiger partial charge in [0.15, 0.2) is 0 Å². The second kappa shape index (κ2) is 4.56. The number of hydrogen-bond acceptors (Lipinski definition) is 2. The molecule has 100 valence electrons. The lowest BCUT2D eigenvalue weighted by molar-refractivity contribution is -0.156. The summed E-state index contributed by atoms with van der Waals surface area (Å²) in [7, 11) is 0. The highest BCUT2D eigenvalue weighted by Gasteiger charge is 2.44. The Morgan fingerprint density at radius 3 is 2.56 bits per heavy atom. The first kappa shape index (κ1) is 12.0. The molecule has 0 aromatic rings. The average Bonchev–Trinajstić information content (AvgIpc) is 3.01. The third-order valence-electron chi connectivity index (χ3n) is 5.02. The van der Waals surface area contributed by atoms with Crippen LogP contribution in [0.2, 0.25) is 0 Å². The molecule has 1 saturated carbocycles. The number of rotatable bonds is 2. The number of carbonyl (C=O) groups excluding carboxylic acids is 2. The van der Waals surface area contributed by atoms with Crippen LogP contribution < -0.4 is 0 Å². The van der Waals surface area contributed by atoms with Crippen LogP contribution in [0.5, 0.6) is 0 Å². The lowest BCUT2D eigenvalue weighted by Crippen LogP contribution is -2.60. The molecule has 0 spiro atoms. The molecule has 2 unspecified atom stereocenters. The molecule has 3 aliphatic rings. The van der Waals surface area contributed by atoms with E-state index >= 15 is 0 Å². The van der Waals surface area contributed by atoms with Gasteiger partial charge in [0.05, 0.1) is 0 Å². The minimum absolute atomic E-state index is 0.143. The Hall–Kier alpha value is -1.06. The first-order valence-corrected chi connectivity index (χ1v) is 7.28. The van der Waals surface area contributed by atoms with Crippen molar-refractivity contribution in [2.45, 2.75) is 57.5 Å². The predicted octanol–water partition coefficient (Wildman–Crippen LogP) is 1.40. The molecular formula is C14H22N2O2. The standard InChI is InChI=1S/C14H22N2O2/c1-10(11-5-2-3-6-11)16-9-13(17)15-8-4-7-12(15)14(16)18/h10-12H,2-9H2,1H3. The molecular weight excluding hydrogens is 228 g/mol. The van der Waals surface area contributed by atoms with E-state index < -0.39 is 0 Å². The number of hydrogen-bond donors (Lipinski definition) is 0. The smallest absolute Gasteiger partial charge is 0.246 e. The Balaban J connectivity index is 1.75. The maximum absolute atomic E-state index is 12.5. The second-order valence-corrected chi connectivity index (χ2v) is 6.00. The van der Waals surface area contributed by atoms with E-state index in [0.717, 1.165) is 19.4 Å². The molecule has 4 heteroatoms. The molecule has 0 N–H and O–H groups in total. The molecule has 3 fully saturated rings. The van der Waals surface area contributed by atoms with Crippen molar-refractivity contribution in [1.29, 1.82) is 0 Å². The first-order chi connectivity index (χ1) is 8.68. The molecule has 0 radical (unpaired) electrons. The lowest BCUT2D eigenvalue weighted by atomic mass is 9.96. The van der Waals surface area contributed by atoms with Crippen LogP contribution in [0, 0.1) is 5.92 Å². The fourth-order valence-electron chi connectivity index (χ4n) is 3.87. The van der Waals surface area contributed by atoms with Crippen LogP contribution >= 0.6 is 0 Å². The Labute approximate surface area is 108 Å². The van der Waals surface area contributed by atoms with E-state index in [0.29, 0.717) is 12.5 Å². The van der Waals surface area contributed by atoms with Gasteiger partial charge in [-0.25, -0.2) is 0 Å². The molecule has 4 nitrogen and oxygen atoms in total. The SMILES string of the molecule is CC(C1CCCC1)N1CC(=O)N2CCCC2C1=O. The summed E-state index contributed by atoms with van der Waals surface area (Å²) in [5.41, 5.74) is 0. The van der Waals surface area contributed by atoms with Gasteiger partial charge in [-0.3, -0.25) is 9.59 Å². The molecule has 3 rings (SSSR count). The van der Waals surface area contributed by atoms with Crippen LogP contribution in [0.3, 0.4) is 0 Å². The van der Waals surface area contributed by atoms with Crippen LogP contribution in [0.4, 0.5) is 0 Å². The fourth-order valence-corrected chi connectivity index (χ4v) is 3.87. The quantitative estimate of drug-likeness (QED) is 0.743. The topological polar surface area (TPSA) is 40.6 Å². The van der Waals surface area contributed by atoms with Gasteiger partial charge < -0.3 is 9.80 Å². The lowest BCUT2D eigenvalue weighted by Gasteiger charge is -2.41. The van der Waals surface area contributed by atoms with E-state index in [-0.39, 0.29) is 23.9 Å². The third kappa shape index (κ3) is 1.82. The largest absolute Gasteiger partial charge is 0.329 e. The van der Waals surface area contributed by atoms with Crippen LogP contribution in [0.25, 0.3) is 0 Å². The van der Waals surface area contributed by atoms with E-state index in [2.05, 4.69) is 6.92 Å². The van der Waals surface area contributed by atoms with Crippen molar-refractivity contribution < 1.29 is 9.59 Å². The molecule has 2 amide bonds. The zero-order valence-corrected chi connectivity index (χ0v) is 11.1. The Bertz CT molecular complexity index is 363. The molecule has 2 aliphatic heterocycles. The first-order valence-electron chi connectivity index (χ1n) is 7.28. The van der Waals surface area contributed by atoms with Crippen LogP contribution in [0.15, 0.2) is 0 Å². The summed E-state index contributed by atoms with van der Waals surface area (Å²) < 4.78 is 0. The van der Waals surface area contributed by atoms with Crippen molar-refractivity contribution in [3.8, 4) is 0 Å². The summed E-state index contributed by atoms with van der Waals surface area (Å²) >= 11 is 0. The maximum Gasteiger partial charge on any atom is 0.246 e. The van der Waals surface area contributed by atoms with E-state index in [1.165, 1.54) is 25.7 Å². The van der Waals surface area contributed by atoms with Gasteiger partial charge in [-0.1, -0.05) is 12.8 Å². The molecule has 0 bridgehead atoms. The number of amides is 2. The number of carbonyl (C=O) groups is 2. The highest BCUT2D eigenvalue weighted by Crippen LogP contribution is 2.33. The number of fused-ring (bicyclic) bond motifs is 1. The van der Waals surface area contributed by atoms with Gasteiger partial charge in [0.1, 0.15) is 12.6 Å². The van der Waals surface area contributed by atoms with E-state index in [9.17, 15) is 9.59 Å². The molecule has 2 heterocycles. The zero-order chi connectivity index (χ0) is 12.7. The zero-order valence-electron chi connectivity index (χ0n) is 11.1. The van der Waals surface area contributed by atoms with Gasteiger partial charge >= 0.3 is 0 Å². The van der Waals surface area contributed by atoms with Gasteiger partial charge in [-0.05, 0) is 38.5 Å². The van der Waals surface area contributed by atoms with Gasteiger partial charge in [0.2, 0.25) is 11.8 Å². The number of nitrogens with zero attached hydrogens (tertiary/aromatic N) is 2. The molecule has 1 aliphatic carbocycles. The van der Waals surface area contributed by atoms with Crippen LogP contribution in [0.1, 0.15) is 45.4 Å². The molecule has 2 saturated heterocycles. The van der Waals surface area contributed by atoms with Gasteiger partial charge in [0, 0.05) is 12.6 Å².